The number of ether oxygens (including phenoxy) is 1. The van der Waals surface area contributed by atoms with Crippen molar-refractivity contribution in [2.75, 3.05) is 31.1 Å². The molecule has 0 bridgehead atoms. The van der Waals surface area contributed by atoms with Gasteiger partial charge in [-0.2, -0.15) is 0 Å². The van der Waals surface area contributed by atoms with E-state index >= 15 is 0 Å². The molecule has 2 aliphatic heterocycles. The van der Waals surface area contributed by atoms with Gasteiger partial charge in [0.1, 0.15) is 11.6 Å². The van der Waals surface area contributed by atoms with Crippen LogP contribution in [0, 0.1) is 0 Å². The molecule has 3 amide bonds. The van der Waals surface area contributed by atoms with E-state index < -0.39 is 29.1 Å². The van der Waals surface area contributed by atoms with Gasteiger partial charge in [-0.15, -0.1) is 0 Å². The molecule has 1 aliphatic carbocycles. The van der Waals surface area contributed by atoms with E-state index in [9.17, 15) is 24.3 Å². The van der Waals surface area contributed by atoms with Crippen LogP contribution in [0.1, 0.15) is 62.4 Å². The maximum Gasteiger partial charge on any atom is 0.410 e. The highest BCUT2D eigenvalue weighted by molar-refractivity contribution is 6.03. The van der Waals surface area contributed by atoms with Crippen molar-refractivity contribution in [2.45, 2.75) is 63.6 Å². The van der Waals surface area contributed by atoms with Gasteiger partial charge in [0.2, 0.25) is 5.91 Å². The molecule has 1 aromatic carbocycles. The van der Waals surface area contributed by atoms with Crippen LogP contribution in [0.15, 0.2) is 18.2 Å². The number of hydrogen-bond acceptors (Lipinski definition) is 6. The molecule has 1 unspecified atom stereocenters. The van der Waals surface area contributed by atoms with Crippen molar-refractivity contribution in [2.24, 2.45) is 5.73 Å². The van der Waals surface area contributed by atoms with Crippen LogP contribution < -0.4 is 10.6 Å². The molecule has 1 saturated carbocycles. The van der Waals surface area contributed by atoms with E-state index in [0.717, 1.165) is 11.3 Å². The predicted molar refractivity (Wildman–Crippen MR) is 123 cm³/mol. The van der Waals surface area contributed by atoms with E-state index in [2.05, 4.69) is 4.90 Å². The molecule has 3 aliphatic rings. The molecule has 184 valence electrons. The largest absolute Gasteiger partial charge is 0.480 e. The van der Waals surface area contributed by atoms with Crippen molar-refractivity contribution in [1.29, 1.82) is 0 Å². The molecule has 1 aromatic rings. The normalized spacial score (nSPS) is 19.7. The fourth-order valence-electron chi connectivity index (χ4n) is 4.94. The van der Waals surface area contributed by atoms with Crippen LogP contribution in [0.3, 0.4) is 0 Å². The fourth-order valence-corrected chi connectivity index (χ4v) is 4.94. The van der Waals surface area contributed by atoms with Crippen molar-refractivity contribution in [3.63, 3.8) is 0 Å². The average Bonchev–Trinajstić information content (AvgIpc) is 3.51. The summed E-state index contributed by atoms with van der Waals surface area (Å²) in [6.07, 6.45) is 0.936. The van der Waals surface area contributed by atoms with Crippen molar-refractivity contribution >= 4 is 29.6 Å². The van der Waals surface area contributed by atoms with Crippen molar-refractivity contribution in [3.8, 4) is 0 Å². The number of carboxylic acids is 1. The van der Waals surface area contributed by atoms with Gasteiger partial charge in [0.15, 0.2) is 0 Å². The van der Waals surface area contributed by atoms with Gasteiger partial charge in [-0.1, -0.05) is 0 Å². The molecule has 3 N–H and O–H groups in total. The molecule has 10 nitrogen and oxygen atoms in total. The molecule has 2 heterocycles. The van der Waals surface area contributed by atoms with Crippen molar-refractivity contribution in [1.82, 2.24) is 9.80 Å². The second-order valence-corrected chi connectivity index (χ2v) is 10.3. The summed E-state index contributed by atoms with van der Waals surface area (Å²) in [6, 6.07) is 4.52. The van der Waals surface area contributed by atoms with Gasteiger partial charge in [0, 0.05) is 43.9 Å². The number of rotatable bonds is 6. The molecule has 10 heteroatoms. The van der Waals surface area contributed by atoms with E-state index in [0.29, 0.717) is 44.6 Å². The minimum atomic E-state index is -1.13. The Morgan fingerprint density at radius 2 is 1.79 bits per heavy atom. The van der Waals surface area contributed by atoms with Crippen LogP contribution in [-0.4, -0.2) is 76.6 Å². The standard InChI is InChI=1S/C24H32N4O6/c1-23(2,3)34-22(33)27-12-10-26(11-13-27)15-4-5-16-17(14-15)24(8-9-24)28(20(16)30)18(21(31)32)6-7-19(25)29/h4-5,14,18H,6-13H2,1-3H3,(H2,25,29)(H,31,32). The molecule has 1 spiro atoms. The lowest BCUT2D eigenvalue weighted by Crippen LogP contribution is -2.50. The number of nitrogens with zero attached hydrogens (tertiary/aromatic N) is 3. The number of anilines is 1. The Balaban J connectivity index is 1.51. The number of fused-ring (bicyclic) bond motifs is 2. The second kappa shape index (κ2) is 8.48. The summed E-state index contributed by atoms with van der Waals surface area (Å²) >= 11 is 0. The van der Waals surface area contributed by atoms with E-state index in [1.165, 1.54) is 4.90 Å². The highest BCUT2D eigenvalue weighted by Crippen LogP contribution is 2.58. The zero-order chi connectivity index (χ0) is 24.8. The number of benzene rings is 1. The van der Waals surface area contributed by atoms with Gasteiger partial charge in [-0.25, -0.2) is 9.59 Å². The number of carbonyl (C=O) groups is 4. The van der Waals surface area contributed by atoms with Crippen molar-refractivity contribution in [3.05, 3.63) is 29.3 Å². The number of hydrogen-bond donors (Lipinski definition) is 2. The number of aliphatic carboxylic acids is 1. The Morgan fingerprint density at radius 1 is 1.15 bits per heavy atom. The Kier molecular flexibility index (Phi) is 5.95. The summed E-state index contributed by atoms with van der Waals surface area (Å²) in [4.78, 5) is 54.2. The Morgan fingerprint density at radius 3 is 2.32 bits per heavy atom. The Bertz CT molecular complexity index is 1020. The van der Waals surface area contributed by atoms with E-state index in [1.807, 2.05) is 32.9 Å². The average molecular weight is 473 g/mol. The summed E-state index contributed by atoms with van der Waals surface area (Å²) in [5.74, 6) is -2.04. The van der Waals surface area contributed by atoms with Gasteiger partial charge in [-0.3, -0.25) is 9.59 Å². The van der Waals surface area contributed by atoms with Crippen LogP contribution in [-0.2, 0) is 19.9 Å². The quantitative estimate of drug-likeness (QED) is 0.646. The molecule has 34 heavy (non-hydrogen) atoms. The first kappa shape index (κ1) is 23.8. The zero-order valence-electron chi connectivity index (χ0n) is 19.9. The van der Waals surface area contributed by atoms with Gasteiger partial charge in [-0.05, 0) is 63.8 Å². The maximum absolute atomic E-state index is 13.2. The Labute approximate surface area is 198 Å². The summed E-state index contributed by atoms with van der Waals surface area (Å²) in [6.45, 7) is 7.82. The summed E-state index contributed by atoms with van der Waals surface area (Å²) in [7, 11) is 0. The number of carboxylic acid groups (broad SMARTS) is 1. The molecular formula is C24H32N4O6. The summed E-state index contributed by atoms with van der Waals surface area (Å²) in [5.41, 5.74) is 6.34. The molecule has 0 radical (unpaired) electrons. The Hall–Kier alpha value is -3.30. The third kappa shape index (κ3) is 4.41. The molecular weight excluding hydrogens is 440 g/mol. The van der Waals surface area contributed by atoms with E-state index in [4.69, 9.17) is 10.5 Å². The highest BCUT2D eigenvalue weighted by atomic mass is 16.6. The van der Waals surface area contributed by atoms with Gasteiger partial charge in [0.25, 0.3) is 5.91 Å². The lowest BCUT2D eigenvalue weighted by Gasteiger charge is -2.37. The first-order valence-electron chi connectivity index (χ1n) is 11.7. The minimum Gasteiger partial charge on any atom is -0.480 e. The van der Waals surface area contributed by atoms with E-state index in [-0.39, 0.29) is 24.8 Å². The first-order valence-corrected chi connectivity index (χ1v) is 11.7. The summed E-state index contributed by atoms with van der Waals surface area (Å²) in [5, 5.41) is 9.81. The second-order valence-electron chi connectivity index (χ2n) is 10.3. The lowest BCUT2D eigenvalue weighted by atomic mass is 10.00. The SMILES string of the molecule is CC(C)(C)OC(=O)N1CCN(c2ccc3c(c2)C2(CC2)N(C(CCC(N)=O)C(=O)O)C3=O)CC1. The number of amides is 3. The molecule has 1 atom stereocenters. The third-order valence-electron chi connectivity index (χ3n) is 6.70. The van der Waals surface area contributed by atoms with Crippen molar-refractivity contribution < 1.29 is 29.0 Å². The van der Waals surface area contributed by atoms with Gasteiger partial charge >= 0.3 is 12.1 Å². The molecule has 2 fully saturated rings. The van der Waals surface area contributed by atoms with E-state index in [1.54, 1.807) is 11.0 Å². The molecule has 0 aromatic heterocycles. The van der Waals surface area contributed by atoms with Crippen LogP contribution in [0.25, 0.3) is 0 Å². The predicted octanol–water partition coefficient (Wildman–Crippen LogP) is 1.91. The van der Waals surface area contributed by atoms with Crippen LogP contribution in [0.2, 0.25) is 0 Å². The van der Waals surface area contributed by atoms with Crippen LogP contribution in [0.5, 0.6) is 0 Å². The zero-order valence-corrected chi connectivity index (χ0v) is 19.9. The number of nitrogens with two attached hydrogens (primary N) is 1. The molecule has 4 rings (SSSR count). The van der Waals surface area contributed by atoms with Gasteiger partial charge in [0.05, 0.1) is 5.54 Å². The monoisotopic (exact) mass is 472 g/mol. The third-order valence-corrected chi connectivity index (χ3v) is 6.70. The maximum atomic E-state index is 13.2. The lowest BCUT2D eigenvalue weighted by molar-refractivity contribution is -0.143. The highest BCUT2D eigenvalue weighted by Gasteiger charge is 2.60. The fraction of sp³-hybridized carbons (Fsp3) is 0.583. The van der Waals surface area contributed by atoms with Crippen LogP contribution in [0.4, 0.5) is 10.5 Å². The topological polar surface area (TPSA) is 133 Å². The smallest absolute Gasteiger partial charge is 0.410 e. The first-order chi connectivity index (χ1) is 15.9. The molecule has 1 saturated heterocycles. The van der Waals surface area contributed by atoms with Crippen LogP contribution >= 0.6 is 0 Å². The summed E-state index contributed by atoms with van der Waals surface area (Å²) < 4.78 is 5.46. The number of carbonyl (C=O) groups excluding carboxylic acids is 3. The van der Waals surface area contributed by atoms with Gasteiger partial charge < -0.3 is 30.3 Å². The number of piperazine rings is 1. The number of primary amides is 1. The minimum absolute atomic E-state index is 0.00831.